The van der Waals surface area contributed by atoms with Crippen molar-refractivity contribution in [2.24, 2.45) is 0 Å². The van der Waals surface area contributed by atoms with E-state index in [-0.39, 0.29) is 0 Å². The predicted molar refractivity (Wildman–Crippen MR) is 74.7 cm³/mol. The van der Waals surface area contributed by atoms with Crippen molar-refractivity contribution in [3.05, 3.63) is 60.8 Å². The maximum atomic E-state index is 5.76. The van der Waals surface area contributed by atoms with E-state index >= 15 is 0 Å². The summed E-state index contributed by atoms with van der Waals surface area (Å²) in [6.07, 6.45) is 1.77. The van der Waals surface area contributed by atoms with E-state index in [4.69, 9.17) is 4.42 Å². The van der Waals surface area contributed by atoms with E-state index in [0.29, 0.717) is 0 Å². The van der Waals surface area contributed by atoms with Crippen LogP contribution in [0.4, 0.5) is 0 Å². The van der Waals surface area contributed by atoms with Crippen LogP contribution in [-0.2, 0) is 0 Å². The molecule has 0 aliphatic carbocycles. The molecule has 0 fully saturated rings. The van der Waals surface area contributed by atoms with E-state index < -0.39 is 0 Å². The number of hydrogen-bond donors (Lipinski definition) is 0. The number of nitrogens with zero attached hydrogens (tertiary/aromatic N) is 2. The molecule has 0 radical (unpaired) electrons. The van der Waals surface area contributed by atoms with Crippen molar-refractivity contribution in [2.75, 3.05) is 0 Å². The molecule has 3 aromatic heterocycles. The van der Waals surface area contributed by atoms with Gasteiger partial charge in [0.05, 0.1) is 11.4 Å². The van der Waals surface area contributed by atoms with Gasteiger partial charge in [-0.15, -0.1) is 0 Å². The average Bonchev–Trinajstić information content (AvgIpc) is 2.86. The van der Waals surface area contributed by atoms with Crippen LogP contribution in [0.1, 0.15) is 0 Å². The molecule has 0 unspecified atom stereocenters. The van der Waals surface area contributed by atoms with Crippen molar-refractivity contribution in [1.82, 2.24) is 9.97 Å². The molecule has 3 heterocycles. The van der Waals surface area contributed by atoms with Crippen molar-refractivity contribution in [1.29, 1.82) is 0 Å². The summed E-state index contributed by atoms with van der Waals surface area (Å²) in [5.74, 6) is 0. The van der Waals surface area contributed by atoms with Gasteiger partial charge in [-0.05, 0) is 36.4 Å². The Morgan fingerprint density at radius 2 is 1.63 bits per heavy atom. The standard InChI is InChI=1S/C16H10N2O/c1-2-7-14-11(5-1)16-15(19-14)9-8-13(18-16)12-6-3-4-10-17-12/h1-10H. The van der Waals surface area contributed by atoms with Crippen LogP contribution in [0.5, 0.6) is 0 Å². The third kappa shape index (κ3) is 1.59. The molecule has 19 heavy (non-hydrogen) atoms. The molecule has 3 nitrogen and oxygen atoms in total. The summed E-state index contributed by atoms with van der Waals surface area (Å²) < 4.78 is 5.76. The zero-order chi connectivity index (χ0) is 12.7. The second-order valence-corrected chi connectivity index (χ2v) is 4.36. The van der Waals surface area contributed by atoms with E-state index in [1.165, 1.54) is 0 Å². The molecule has 0 atom stereocenters. The van der Waals surface area contributed by atoms with Gasteiger partial charge in [-0.1, -0.05) is 18.2 Å². The average molecular weight is 246 g/mol. The lowest BCUT2D eigenvalue weighted by molar-refractivity contribution is 0.668. The highest BCUT2D eigenvalue weighted by atomic mass is 16.3. The maximum Gasteiger partial charge on any atom is 0.153 e. The molecule has 4 rings (SSSR count). The molecule has 0 N–H and O–H groups in total. The number of rotatable bonds is 1. The third-order valence-corrected chi connectivity index (χ3v) is 3.15. The van der Waals surface area contributed by atoms with Crippen LogP contribution in [0, 0.1) is 0 Å². The van der Waals surface area contributed by atoms with Crippen LogP contribution in [0.2, 0.25) is 0 Å². The lowest BCUT2D eigenvalue weighted by Crippen LogP contribution is -1.86. The normalized spacial score (nSPS) is 11.2. The van der Waals surface area contributed by atoms with Gasteiger partial charge in [0.15, 0.2) is 5.58 Å². The zero-order valence-corrected chi connectivity index (χ0v) is 10.1. The Bertz CT molecular complexity index is 866. The van der Waals surface area contributed by atoms with Crippen molar-refractivity contribution in [3.63, 3.8) is 0 Å². The summed E-state index contributed by atoms with van der Waals surface area (Å²) in [5.41, 5.74) is 4.29. The molecule has 90 valence electrons. The fraction of sp³-hybridized carbons (Fsp3) is 0. The molecular weight excluding hydrogens is 236 g/mol. The number of aromatic nitrogens is 2. The van der Waals surface area contributed by atoms with E-state index in [9.17, 15) is 0 Å². The van der Waals surface area contributed by atoms with Gasteiger partial charge in [0.25, 0.3) is 0 Å². The Labute approximate surface area is 109 Å². The highest BCUT2D eigenvalue weighted by molar-refractivity contribution is 6.02. The molecule has 1 aromatic carbocycles. The minimum absolute atomic E-state index is 0.806. The van der Waals surface area contributed by atoms with Crippen LogP contribution in [0.25, 0.3) is 33.5 Å². The summed E-state index contributed by atoms with van der Waals surface area (Å²) in [7, 11) is 0. The quantitative estimate of drug-likeness (QED) is 0.508. The zero-order valence-electron chi connectivity index (χ0n) is 10.1. The Morgan fingerprint density at radius 3 is 2.53 bits per heavy atom. The van der Waals surface area contributed by atoms with E-state index in [0.717, 1.165) is 33.5 Å². The van der Waals surface area contributed by atoms with Gasteiger partial charge in [-0.3, -0.25) is 4.98 Å². The molecule has 3 heteroatoms. The van der Waals surface area contributed by atoms with Gasteiger partial charge in [0.2, 0.25) is 0 Å². The highest BCUT2D eigenvalue weighted by Crippen LogP contribution is 2.28. The first-order valence-corrected chi connectivity index (χ1v) is 6.11. The summed E-state index contributed by atoms with van der Waals surface area (Å²) in [6.45, 7) is 0. The fourth-order valence-electron chi connectivity index (χ4n) is 2.25. The SMILES string of the molecule is c1ccc(-c2ccc3oc4ccccc4c3n2)nc1. The van der Waals surface area contributed by atoms with Crippen molar-refractivity contribution in [2.45, 2.75) is 0 Å². The molecule has 0 saturated heterocycles. The van der Waals surface area contributed by atoms with Gasteiger partial charge >= 0.3 is 0 Å². The fourth-order valence-corrected chi connectivity index (χ4v) is 2.25. The minimum atomic E-state index is 0.806. The highest BCUT2D eigenvalue weighted by Gasteiger charge is 2.09. The van der Waals surface area contributed by atoms with Crippen molar-refractivity contribution < 1.29 is 4.42 Å². The number of furan rings is 1. The monoisotopic (exact) mass is 246 g/mol. The summed E-state index contributed by atoms with van der Waals surface area (Å²) in [6, 6.07) is 17.6. The van der Waals surface area contributed by atoms with Crippen LogP contribution in [0.15, 0.2) is 65.2 Å². The van der Waals surface area contributed by atoms with Gasteiger partial charge in [0, 0.05) is 11.6 Å². The smallest absolute Gasteiger partial charge is 0.153 e. The molecule has 0 spiro atoms. The van der Waals surface area contributed by atoms with E-state index in [2.05, 4.69) is 9.97 Å². The molecule has 0 aliphatic heterocycles. The lowest BCUT2D eigenvalue weighted by Gasteiger charge is -1.98. The van der Waals surface area contributed by atoms with E-state index in [1.54, 1.807) is 6.20 Å². The van der Waals surface area contributed by atoms with Crippen molar-refractivity contribution >= 4 is 22.1 Å². The van der Waals surface area contributed by atoms with Gasteiger partial charge < -0.3 is 4.42 Å². The molecule has 0 saturated carbocycles. The minimum Gasteiger partial charge on any atom is -0.454 e. The third-order valence-electron chi connectivity index (χ3n) is 3.15. The summed E-state index contributed by atoms with van der Waals surface area (Å²) in [4.78, 5) is 9.00. The largest absolute Gasteiger partial charge is 0.454 e. The van der Waals surface area contributed by atoms with Gasteiger partial charge in [-0.25, -0.2) is 4.98 Å². The second-order valence-electron chi connectivity index (χ2n) is 4.36. The van der Waals surface area contributed by atoms with Gasteiger partial charge in [0.1, 0.15) is 11.1 Å². The Balaban J connectivity index is 2.03. The first-order chi connectivity index (χ1) is 9.42. The Hall–Kier alpha value is -2.68. The molecule has 4 aromatic rings. The van der Waals surface area contributed by atoms with Crippen LogP contribution < -0.4 is 0 Å². The Kier molecular flexibility index (Phi) is 2.12. The number of benzene rings is 1. The van der Waals surface area contributed by atoms with Crippen LogP contribution in [-0.4, -0.2) is 9.97 Å². The Morgan fingerprint density at radius 1 is 0.737 bits per heavy atom. The lowest BCUT2D eigenvalue weighted by atomic mass is 10.2. The van der Waals surface area contributed by atoms with E-state index in [1.807, 2.05) is 54.6 Å². The summed E-state index contributed by atoms with van der Waals surface area (Å²) in [5, 5.41) is 1.04. The number of hydrogen-bond acceptors (Lipinski definition) is 3. The number of pyridine rings is 2. The predicted octanol–water partition coefficient (Wildman–Crippen LogP) is 4.04. The second kappa shape index (κ2) is 3.92. The topological polar surface area (TPSA) is 38.9 Å². The van der Waals surface area contributed by atoms with Crippen molar-refractivity contribution in [3.8, 4) is 11.4 Å². The van der Waals surface area contributed by atoms with Crippen LogP contribution >= 0.6 is 0 Å². The first kappa shape index (κ1) is 10.3. The van der Waals surface area contributed by atoms with Gasteiger partial charge in [-0.2, -0.15) is 0 Å². The molecule has 0 amide bonds. The number of fused-ring (bicyclic) bond motifs is 3. The molecule has 0 bridgehead atoms. The molecular formula is C16H10N2O. The number of para-hydroxylation sites is 1. The first-order valence-electron chi connectivity index (χ1n) is 6.11. The summed E-state index contributed by atoms with van der Waals surface area (Å²) >= 11 is 0. The molecule has 0 aliphatic rings. The van der Waals surface area contributed by atoms with Crippen LogP contribution in [0.3, 0.4) is 0 Å². The maximum absolute atomic E-state index is 5.76.